The van der Waals surface area contributed by atoms with Crippen molar-refractivity contribution >= 4 is 38.7 Å². The second-order valence-electron chi connectivity index (χ2n) is 6.15. The van der Waals surface area contributed by atoms with Crippen LogP contribution in [0.3, 0.4) is 0 Å². The molecule has 2 N–H and O–H groups in total. The Bertz CT molecular complexity index is 1220. The third-order valence-corrected chi connectivity index (χ3v) is 6.22. The molecule has 0 aliphatic heterocycles. The quantitative estimate of drug-likeness (QED) is 0.468. The second-order valence-corrected chi connectivity index (χ2v) is 8.36. The number of rotatable bonds is 7. The first-order chi connectivity index (χ1) is 14.0. The molecule has 10 heteroatoms. The first kappa shape index (κ1) is 19.2. The van der Waals surface area contributed by atoms with Crippen LogP contribution in [-0.2, 0) is 21.4 Å². The minimum Gasteiger partial charge on any atom is -0.467 e. The number of furan rings is 1. The van der Waals surface area contributed by atoms with Gasteiger partial charge in [-0.3, -0.25) is 4.79 Å². The number of aromatic nitrogens is 2. The van der Waals surface area contributed by atoms with Crippen molar-refractivity contribution in [2.75, 3.05) is 0 Å². The molecule has 4 rings (SSSR count). The van der Waals surface area contributed by atoms with Crippen LogP contribution in [0.4, 0.5) is 0 Å². The summed E-state index contributed by atoms with van der Waals surface area (Å²) in [6.45, 7) is 0.141. The lowest BCUT2D eigenvalue weighted by Gasteiger charge is -2.19. The number of fused-ring (bicyclic) bond motifs is 1. The van der Waals surface area contributed by atoms with E-state index in [4.69, 9.17) is 4.42 Å². The number of sulfonamides is 1. The molecule has 1 amide bonds. The fourth-order valence-electron chi connectivity index (χ4n) is 2.82. The van der Waals surface area contributed by atoms with Crippen LogP contribution < -0.4 is 10.0 Å². The van der Waals surface area contributed by atoms with E-state index < -0.39 is 22.0 Å². The molecule has 148 valence electrons. The van der Waals surface area contributed by atoms with Crippen LogP contribution >= 0.6 is 11.7 Å². The highest BCUT2D eigenvalue weighted by molar-refractivity contribution is 7.89. The van der Waals surface area contributed by atoms with E-state index in [-0.39, 0.29) is 17.0 Å². The molecule has 0 saturated heterocycles. The van der Waals surface area contributed by atoms with Gasteiger partial charge in [-0.2, -0.15) is 13.5 Å². The van der Waals surface area contributed by atoms with Crippen LogP contribution in [-0.4, -0.2) is 23.1 Å². The van der Waals surface area contributed by atoms with Gasteiger partial charge in [0.25, 0.3) is 0 Å². The van der Waals surface area contributed by atoms with Gasteiger partial charge in [0.2, 0.25) is 15.9 Å². The molecule has 29 heavy (non-hydrogen) atoms. The highest BCUT2D eigenvalue weighted by Crippen LogP contribution is 2.23. The molecule has 2 heterocycles. The number of amides is 1. The highest BCUT2D eigenvalue weighted by Gasteiger charge is 2.29. The summed E-state index contributed by atoms with van der Waals surface area (Å²) in [4.78, 5) is 12.8. The summed E-state index contributed by atoms with van der Waals surface area (Å²) in [6.07, 6.45) is 1.50. The Kier molecular flexibility index (Phi) is 5.38. The first-order valence-electron chi connectivity index (χ1n) is 8.63. The zero-order valence-electron chi connectivity index (χ0n) is 15.0. The highest BCUT2D eigenvalue weighted by atomic mass is 32.2. The maximum atomic E-state index is 13.1. The Morgan fingerprint density at radius 3 is 2.62 bits per heavy atom. The van der Waals surface area contributed by atoms with E-state index in [9.17, 15) is 13.2 Å². The van der Waals surface area contributed by atoms with Crippen LogP contribution in [0.1, 0.15) is 17.4 Å². The number of nitrogens with zero attached hydrogens (tertiary/aromatic N) is 2. The van der Waals surface area contributed by atoms with Crippen molar-refractivity contribution in [3.63, 3.8) is 0 Å². The van der Waals surface area contributed by atoms with E-state index in [2.05, 4.69) is 18.8 Å². The minimum atomic E-state index is -4.05. The molecular formula is C19H16N4O4S2. The molecule has 0 unspecified atom stereocenters. The monoisotopic (exact) mass is 428 g/mol. The van der Waals surface area contributed by atoms with Crippen molar-refractivity contribution in [3.8, 4) is 0 Å². The smallest absolute Gasteiger partial charge is 0.243 e. The Morgan fingerprint density at radius 1 is 1.03 bits per heavy atom. The van der Waals surface area contributed by atoms with Crippen LogP contribution in [0, 0.1) is 0 Å². The van der Waals surface area contributed by atoms with Crippen molar-refractivity contribution in [1.29, 1.82) is 0 Å². The predicted molar refractivity (Wildman–Crippen MR) is 107 cm³/mol. The van der Waals surface area contributed by atoms with Crippen LogP contribution in [0.2, 0.25) is 0 Å². The molecule has 1 atom stereocenters. The summed E-state index contributed by atoms with van der Waals surface area (Å²) in [6, 6.07) is 15.7. The van der Waals surface area contributed by atoms with Gasteiger partial charge in [0.15, 0.2) is 0 Å². The van der Waals surface area contributed by atoms with Gasteiger partial charge in [0.1, 0.15) is 27.7 Å². The van der Waals surface area contributed by atoms with E-state index in [0.717, 1.165) is 11.7 Å². The zero-order valence-corrected chi connectivity index (χ0v) is 16.6. The molecular weight excluding hydrogens is 412 g/mol. The number of nitrogens with one attached hydrogen (secondary N) is 2. The molecule has 0 saturated carbocycles. The topological polar surface area (TPSA) is 114 Å². The molecule has 2 aromatic carbocycles. The van der Waals surface area contributed by atoms with Crippen molar-refractivity contribution in [2.24, 2.45) is 0 Å². The number of carbonyl (C=O) groups is 1. The zero-order chi connectivity index (χ0) is 20.3. The summed E-state index contributed by atoms with van der Waals surface area (Å²) in [5.74, 6) is 0.0612. The fraction of sp³-hybridized carbons (Fsp3) is 0.105. The molecule has 0 aliphatic rings. The third-order valence-electron chi connectivity index (χ3n) is 4.22. The Morgan fingerprint density at radius 2 is 1.86 bits per heavy atom. The van der Waals surface area contributed by atoms with Crippen LogP contribution in [0.15, 0.2) is 76.2 Å². The fourth-order valence-corrected chi connectivity index (χ4v) is 4.78. The molecule has 4 aromatic rings. The molecule has 8 nitrogen and oxygen atoms in total. The van der Waals surface area contributed by atoms with Crippen molar-refractivity contribution in [3.05, 3.63) is 78.3 Å². The number of benzene rings is 2. The average molecular weight is 428 g/mol. The maximum absolute atomic E-state index is 13.1. The lowest BCUT2D eigenvalue weighted by atomic mass is 10.1. The van der Waals surface area contributed by atoms with Crippen LogP contribution in [0.5, 0.6) is 0 Å². The van der Waals surface area contributed by atoms with Crippen molar-refractivity contribution in [2.45, 2.75) is 17.5 Å². The normalized spacial score (nSPS) is 12.7. The lowest BCUT2D eigenvalue weighted by Crippen LogP contribution is -2.40. The van der Waals surface area contributed by atoms with Gasteiger partial charge in [0.05, 0.1) is 24.5 Å². The van der Waals surface area contributed by atoms with Gasteiger partial charge >= 0.3 is 0 Å². The van der Waals surface area contributed by atoms with Crippen molar-refractivity contribution < 1.29 is 17.6 Å². The summed E-state index contributed by atoms with van der Waals surface area (Å²) < 4.78 is 42.1. The Balaban J connectivity index is 1.64. The standard InChI is InChI=1S/C19H16N4O4S2/c24-19(20-12-14-8-5-11-27-14)17(13-6-2-1-3-7-13)23-29(25,26)16-10-4-9-15-18(16)22-28-21-15/h1-11,17,23H,12H2,(H,20,24)/t17-/m1/s1. The second kappa shape index (κ2) is 8.11. The molecule has 0 radical (unpaired) electrons. The van der Waals surface area contributed by atoms with Crippen LogP contribution in [0.25, 0.3) is 11.0 Å². The third kappa shape index (κ3) is 4.19. The van der Waals surface area contributed by atoms with Gasteiger partial charge in [-0.1, -0.05) is 36.4 Å². The van der Waals surface area contributed by atoms with Gasteiger partial charge in [-0.05, 0) is 29.8 Å². The predicted octanol–water partition coefficient (Wildman–Crippen LogP) is 2.62. The number of hydrogen-bond donors (Lipinski definition) is 2. The van der Waals surface area contributed by atoms with E-state index in [1.165, 1.54) is 12.3 Å². The number of hydrogen-bond acceptors (Lipinski definition) is 7. The van der Waals surface area contributed by atoms with Gasteiger partial charge in [-0.25, -0.2) is 8.42 Å². The molecule has 0 aliphatic carbocycles. The molecule has 0 fully saturated rings. The maximum Gasteiger partial charge on any atom is 0.243 e. The SMILES string of the molecule is O=C(NCc1ccco1)[C@H](NS(=O)(=O)c1cccc2nsnc12)c1ccccc1. The summed E-state index contributed by atoms with van der Waals surface area (Å²) in [5, 5.41) is 2.70. The van der Waals surface area contributed by atoms with Gasteiger partial charge in [-0.15, -0.1) is 0 Å². The first-order valence-corrected chi connectivity index (χ1v) is 10.8. The molecule has 0 bridgehead atoms. The molecule has 2 aromatic heterocycles. The Hall–Kier alpha value is -3.08. The van der Waals surface area contributed by atoms with E-state index in [1.54, 1.807) is 54.6 Å². The van der Waals surface area contributed by atoms with Gasteiger partial charge in [0, 0.05) is 0 Å². The number of carbonyl (C=O) groups excluding carboxylic acids is 1. The lowest BCUT2D eigenvalue weighted by molar-refractivity contribution is -0.123. The van der Waals surface area contributed by atoms with Crippen molar-refractivity contribution in [1.82, 2.24) is 18.8 Å². The summed E-state index contributed by atoms with van der Waals surface area (Å²) >= 11 is 0.929. The summed E-state index contributed by atoms with van der Waals surface area (Å²) in [7, 11) is -4.05. The van der Waals surface area contributed by atoms with E-state index in [1.807, 2.05) is 0 Å². The Labute approximate surface area is 171 Å². The molecule has 0 spiro atoms. The van der Waals surface area contributed by atoms with E-state index in [0.29, 0.717) is 16.8 Å². The minimum absolute atomic E-state index is 0.0245. The largest absolute Gasteiger partial charge is 0.467 e. The summed E-state index contributed by atoms with van der Waals surface area (Å²) in [5.41, 5.74) is 1.26. The average Bonchev–Trinajstić information content (AvgIpc) is 3.42. The van der Waals surface area contributed by atoms with E-state index >= 15 is 0 Å². The van der Waals surface area contributed by atoms with Gasteiger partial charge < -0.3 is 9.73 Å².